The molecule has 0 saturated heterocycles. The van der Waals surface area contributed by atoms with Gasteiger partial charge in [0.15, 0.2) is 0 Å². The Morgan fingerprint density at radius 3 is 0.840 bits per heavy atom. The van der Waals surface area contributed by atoms with E-state index in [0.717, 1.165) is 122 Å². The van der Waals surface area contributed by atoms with Crippen molar-refractivity contribution in [1.82, 2.24) is 19.9 Å². The summed E-state index contributed by atoms with van der Waals surface area (Å²) in [6.45, 7) is 66.0. The fourth-order valence-electron chi connectivity index (χ4n) is 18.9. The van der Waals surface area contributed by atoms with Crippen molar-refractivity contribution in [3.8, 4) is 45.0 Å². The summed E-state index contributed by atoms with van der Waals surface area (Å²) >= 11 is 0. The van der Waals surface area contributed by atoms with Crippen LogP contribution in [0.3, 0.4) is 0 Å². The third kappa shape index (κ3) is 36.2. The smallest absolute Gasteiger partial charge is 0.0961 e. The molecular weight excluding hydrogens is 2490 g/mol. The zero-order valence-electron chi connectivity index (χ0n) is 92.4. The maximum Gasteiger partial charge on any atom is 0.0961 e. The summed E-state index contributed by atoms with van der Waals surface area (Å²) in [6, 6.07) is 59.0. The number of hydrogen-bond acceptors (Lipinski definition) is 12. The fraction of sp³-hybridized carbons (Fsp3) is 0.469. The molecule has 4 heterocycles. The van der Waals surface area contributed by atoms with Crippen molar-refractivity contribution in [3.05, 3.63) is 304 Å². The van der Waals surface area contributed by atoms with Crippen molar-refractivity contribution in [1.29, 1.82) is 0 Å². The first kappa shape index (κ1) is 126. The minimum absolute atomic E-state index is 0. The molecule has 4 atom stereocenters. The summed E-state index contributed by atoms with van der Waals surface area (Å²) in [5.41, 5.74) is 40.7. The quantitative estimate of drug-likeness (QED) is 0.0298. The average Bonchev–Trinajstić information content (AvgIpc) is 0.767. The molecule has 4 aliphatic rings. The summed E-state index contributed by atoms with van der Waals surface area (Å²) in [6.07, 6.45) is 18.3. The standard InChI is InChI=1S/4C23H24N.2C11H22O2.C9H18O2.C5H10O2.4Ir/c4*1-14(2)10-17-6-5-7-22-20(17)13-18-8-9-19-16(4)11-15(3)12-21(19)23(18)24-22;1-10(2,3)8(12)7-9(13)11(4,5)6;1-8(2)5-10(12)7-11(13)6-9(3)4;1-6(2)8(10)5-9(11)7(3)4;1-4(6)3-5(2)7;;;;/h4*5-7,11,13-14H,8-10H2,1-4H3;7-8,12-13H,1-6H3;7-10,12-13H,5-6H2,1-4H3;5-8,10-11H,1-4H3;3-4,6-7H,1-2H3;;;;/q4*-1;;;;;;;;. The van der Waals surface area contributed by atoms with Gasteiger partial charge in [0.1, 0.15) is 0 Å². The van der Waals surface area contributed by atoms with Gasteiger partial charge in [0.2, 0.25) is 0 Å². The van der Waals surface area contributed by atoms with Crippen molar-refractivity contribution in [3.63, 3.8) is 0 Å². The van der Waals surface area contributed by atoms with Crippen LogP contribution in [0.15, 0.2) is 169 Å². The van der Waals surface area contributed by atoms with Gasteiger partial charge < -0.3 is 40.9 Å². The molecular formula is C128H168Ir4N4O8-4. The molecule has 144 heavy (non-hydrogen) atoms. The minimum atomic E-state index is -0.605. The number of nitrogens with zero attached hydrogens (tertiary/aromatic N) is 4. The fourth-order valence-corrected chi connectivity index (χ4v) is 18.9. The summed E-state index contributed by atoms with van der Waals surface area (Å²) in [5, 5.41) is 79.0. The first-order valence-corrected chi connectivity index (χ1v) is 51.7. The molecule has 0 aliphatic heterocycles. The molecule has 4 aliphatic carbocycles. The SMILES string of the molecule is CC(C)(C)C(O)=CC(O)C(C)(C)C.CC(C)C(O)=CC(O)C(C)C.CC(C)CC(O)=CC(O)CC(C)C.CC(O)=CC(C)O.Cc1[c-]c2c(c(C)c1)CCc1cc3c(CC(C)C)cccc3nc1-2.Cc1[c-]c2c(c(C)c1)CCc1cc3c(CC(C)C)cccc3nc1-2.Cc1[c-]c2c(c(C)c1)CCc1cc3c(CC(C)C)cccc3nc1-2.Cc1[c-]c2c(c(C)c1)CCc1cc3c(CC(C)C)cccc3nc1-2.[Ir].[Ir].[Ir].[Ir]. The van der Waals surface area contributed by atoms with Crippen LogP contribution in [0.4, 0.5) is 0 Å². The van der Waals surface area contributed by atoms with Crippen LogP contribution in [-0.4, -0.2) is 85.2 Å². The van der Waals surface area contributed by atoms with E-state index in [1.54, 1.807) is 13.0 Å². The molecule has 4 aromatic heterocycles. The van der Waals surface area contributed by atoms with E-state index in [9.17, 15) is 30.6 Å². The number of allylic oxidation sites excluding steroid dienone is 4. The number of rotatable bonds is 18. The molecule has 0 fully saturated rings. The van der Waals surface area contributed by atoms with E-state index in [0.29, 0.717) is 54.1 Å². The second kappa shape index (κ2) is 57.1. The largest absolute Gasteiger partial charge is 0.513 e. The van der Waals surface area contributed by atoms with Gasteiger partial charge in [-0.1, -0.05) is 328 Å². The van der Waals surface area contributed by atoms with E-state index < -0.39 is 24.4 Å². The Morgan fingerprint density at radius 1 is 0.354 bits per heavy atom. The predicted molar refractivity (Wildman–Crippen MR) is 591 cm³/mol. The topological polar surface area (TPSA) is 213 Å². The molecule has 0 saturated carbocycles. The number of aromatic nitrogens is 4. The van der Waals surface area contributed by atoms with Gasteiger partial charge in [0, 0.05) is 120 Å². The monoisotopic (exact) mass is 2660 g/mol. The van der Waals surface area contributed by atoms with Crippen LogP contribution in [0.5, 0.6) is 0 Å². The molecule has 16 heteroatoms. The van der Waals surface area contributed by atoms with Gasteiger partial charge >= 0.3 is 0 Å². The summed E-state index contributed by atoms with van der Waals surface area (Å²) in [7, 11) is 0. The Bertz CT molecular complexity index is 5760. The van der Waals surface area contributed by atoms with Gasteiger partial charge in [0.05, 0.1) is 69.5 Å². The van der Waals surface area contributed by atoms with Crippen molar-refractivity contribution in [2.24, 2.45) is 58.2 Å². The van der Waals surface area contributed by atoms with E-state index >= 15 is 0 Å². The molecule has 8 aromatic carbocycles. The van der Waals surface area contributed by atoms with Crippen LogP contribution < -0.4 is 0 Å². The van der Waals surface area contributed by atoms with Gasteiger partial charge in [-0.15, -0.1) is 138 Å². The Kier molecular flexibility index (Phi) is 50.2. The van der Waals surface area contributed by atoms with Gasteiger partial charge in [-0.25, -0.2) is 0 Å². The van der Waals surface area contributed by atoms with Crippen molar-refractivity contribution >= 4 is 43.6 Å². The van der Waals surface area contributed by atoms with E-state index in [2.05, 4.69) is 270 Å². The van der Waals surface area contributed by atoms with Crippen LogP contribution in [0.25, 0.3) is 88.6 Å². The van der Waals surface area contributed by atoms with Crippen molar-refractivity contribution in [2.75, 3.05) is 0 Å². The zero-order valence-corrected chi connectivity index (χ0v) is 102. The van der Waals surface area contributed by atoms with Gasteiger partial charge in [-0.05, 0) is 212 Å². The summed E-state index contributed by atoms with van der Waals surface area (Å²) in [5.74, 6) is 4.77. The minimum Gasteiger partial charge on any atom is -0.513 e. The van der Waals surface area contributed by atoms with E-state index in [4.69, 9.17) is 30.1 Å². The molecule has 0 bridgehead atoms. The number of hydrogen-bond donors (Lipinski definition) is 8. The van der Waals surface area contributed by atoms with E-state index in [1.807, 2.05) is 83.1 Å². The summed E-state index contributed by atoms with van der Waals surface area (Å²) < 4.78 is 0. The van der Waals surface area contributed by atoms with Crippen LogP contribution in [0.2, 0.25) is 0 Å². The van der Waals surface area contributed by atoms with Crippen molar-refractivity contribution < 1.29 is 121 Å². The maximum absolute atomic E-state index is 9.68. The van der Waals surface area contributed by atoms with E-state index in [1.165, 1.54) is 180 Å². The molecule has 4 radical (unpaired) electrons. The normalized spacial score (nSPS) is 13.8. The van der Waals surface area contributed by atoms with Gasteiger partial charge in [-0.2, -0.15) is 0 Å². The van der Waals surface area contributed by atoms with Crippen LogP contribution in [-0.2, 0) is 157 Å². The predicted octanol–water partition coefficient (Wildman–Crippen LogP) is 31.1. The first-order valence-electron chi connectivity index (χ1n) is 51.7. The maximum atomic E-state index is 9.68. The Balaban J connectivity index is 0.000000297. The van der Waals surface area contributed by atoms with Gasteiger partial charge in [0.25, 0.3) is 0 Å². The molecule has 16 rings (SSSR count). The first-order chi connectivity index (χ1) is 65.6. The molecule has 0 amide bonds. The third-order valence-corrected chi connectivity index (χ3v) is 26.1. The van der Waals surface area contributed by atoms with Crippen LogP contribution in [0, 0.1) is 138 Å². The molecule has 0 spiro atoms. The second-order valence-electron chi connectivity index (χ2n) is 45.4. The molecule has 12 aromatic rings. The number of fused-ring (bicyclic) bond motifs is 16. The van der Waals surface area contributed by atoms with Crippen LogP contribution in [0.1, 0.15) is 290 Å². The van der Waals surface area contributed by atoms with Crippen molar-refractivity contribution in [2.45, 2.75) is 336 Å². The number of aliphatic hydroxyl groups is 8. The average molecular weight is 2660 g/mol. The molecule has 8 N–H and O–H groups in total. The third-order valence-electron chi connectivity index (χ3n) is 26.1. The van der Waals surface area contributed by atoms with Crippen LogP contribution >= 0.6 is 0 Å². The second-order valence-corrected chi connectivity index (χ2v) is 45.4. The Hall–Kier alpha value is -8.00. The van der Waals surface area contributed by atoms with E-state index in [-0.39, 0.29) is 120 Å². The zero-order chi connectivity index (χ0) is 104. The molecule has 4 unspecified atom stereocenters. The number of benzene rings is 8. The number of aryl methyl sites for hydroxylation is 12. The number of aliphatic hydroxyl groups excluding tert-OH is 8. The Morgan fingerprint density at radius 2 is 0.632 bits per heavy atom. The molecule has 788 valence electrons. The Labute approximate surface area is 920 Å². The molecule has 12 nitrogen and oxygen atoms in total. The number of pyridine rings is 4. The summed E-state index contributed by atoms with van der Waals surface area (Å²) in [4.78, 5) is 20.3. The van der Waals surface area contributed by atoms with Gasteiger partial charge in [-0.3, -0.25) is 19.9 Å².